The van der Waals surface area contributed by atoms with Crippen molar-refractivity contribution in [2.75, 3.05) is 7.11 Å². The van der Waals surface area contributed by atoms with Gasteiger partial charge in [-0.1, -0.05) is 72.8 Å². The van der Waals surface area contributed by atoms with Crippen molar-refractivity contribution in [3.8, 4) is 0 Å². The molecular formula is C31H22O+2. The molecule has 0 amide bonds. The summed E-state index contributed by atoms with van der Waals surface area (Å²) in [6.45, 7) is 0. The number of benzene rings is 3. The summed E-state index contributed by atoms with van der Waals surface area (Å²) in [6, 6.07) is 26.1. The van der Waals surface area contributed by atoms with Crippen molar-refractivity contribution in [3.63, 3.8) is 0 Å². The maximum Gasteiger partial charge on any atom is 0.406 e. The molecular weight excluding hydrogens is 388 g/mol. The third kappa shape index (κ3) is 2.94. The average molecular weight is 411 g/mol. The number of fused-ring (bicyclic) bond motifs is 3. The van der Waals surface area contributed by atoms with Crippen LogP contribution in [0.5, 0.6) is 0 Å². The number of hydrogen-bond acceptors (Lipinski definition) is 0. The second-order valence-corrected chi connectivity index (χ2v) is 8.13. The number of allylic oxidation sites excluding steroid dienone is 7. The molecule has 32 heavy (non-hydrogen) atoms. The van der Waals surface area contributed by atoms with Gasteiger partial charge in [0.2, 0.25) is 0 Å². The molecule has 0 heterocycles. The summed E-state index contributed by atoms with van der Waals surface area (Å²) in [6.07, 6.45) is 15.2. The molecule has 0 aliphatic heterocycles. The van der Waals surface area contributed by atoms with Gasteiger partial charge in [-0.2, -0.15) is 0 Å². The first-order chi connectivity index (χ1) is 15.8. The SMILES string of the molecule is C[O+]=C1C=C[C+](C2=CC(=C3c4ccccc4C=Cc4ccccc43)c3ccccc32)C=C1. The van der Waals surface area contributed by atoms with Crippen LogP contribution in [0.15, 0.2) is 103 Å². The van der Waals surface area contributed by atoms with Crippen molar-refractivity contribution in [2.24, 2.45) is 0 Å². The maximum absolute atomic E-state index is 5.37. The normalized spacial score (nSPS) is 15.8. The van der Waals surface area contributed by atoms with Gasteiger partial charge in [-0.25, -0.2) is 4.42 Å². The highest BCUT2D eigenvalue weighted by molar-refractivity contribution is 6.15. The van der Waals surface area contributed by atoms with Crippen LogP contribution in [0.2, 0.25) is 0 Å². The Kier molecular flexibility index (Phi) is 4.40. The zero-order valence-electron chi connectivity index (χ0n) is 17.9. The van der Waals surface area contributed by atoms with Gasteiger partial charge in [-0.3, -0.25) is 0 Å². The molecule has 0 radical (unpaired) electrons. The Labute approximate surface area is 188 Å². The molecule has 6 rings (SSSR count). The largest absolute Gasteiger partial charge is 0.406 e. The van der Waals surface area contributed by atoms with Crippen molar-refractivity contribution in [2.45, 2.75) is 0 Å². The van der Waals surface area contributed by atoms with Gasteiger partial charge in [0.05, 0.1) is 17.1 Å². The third-order valence-corrected chi connectivity index (χ3v) is 6.37. The molecule has 0 N–H and O–H groups in total. The predicted molar refractivity (Wildman–Crippen MR) is 135 cm³/mol. The first-order valence-electron chi connectivity index (χ1n) is 10.9. The second-order valence-electron chi connectivity index (χ2n) is 8.13. The van der Waals surface area contributed by atoms with Crippen molar-refractivity contribution in [1.29, 1.82) is 0 Å². The van der Waals surface area contributed by atoms with Crippen molar-refractivity contribution < 1.29 is 4.42 Å². The van der Waals surface area contributed by atoms with Crippen LogP contribution < -0.4 is 0 Å². The zero-order valence-corrected chi connectivity index (χ0v) is 17.9. The zero-order chi connectivity index (χ0) is 21.5. The molecule has 0 spiro atoms. The minimum atomic E-state index is 0.872. The van der Waals surface area contributed by atoms with Gasteiger partial charge in [0.1, 0.15) is 12.2 Å². The molecule has 3 aliphatic carbocycles. The number of carbonyl (C=O) groups excluding carboxylic acids is 1. The van der Waals surface area contributed by atoms with E-state index >= 15 is 0 Å². The van der Waals surface area contributed by atoms with Crippen molar-refractivity contribution >= 4 is 34.7 Å². The highest BCUT2D eigenvalue weighted by atomic mass is 16.4. The van der Waals surface area contributed by atoms with E-state index in [4.69, 9.17) is 4.42 Å². The quantitative estimate of drug-likeness (QED) is 0.237. The summed E-state index contributed by atoms with van der Waals surface area (Å²) >= 11 is 0. The molecule has 150 valence electrons. The van der Waals surface area contributed by atoms with Crippen LogP contribution in [0.3, 0.4) is 0 Å². The lowest BCUT2D eigenvalue weighted by Crippen LogP contribution is -2.02. The van der Waals surface area contributed by atoms with Crippen molar-refractivity contribution in [3.05, 3.63) is 142 Å². The van der Waals surface area contributed by atoms with E-state index in [9.17, 15) is 0 Å². The molecule has 0 unspecified atom stereocenters. The Balaban J connectivity index is 1.64. The molecule has 1 heteroatoms. The van der Waals surface area contributed by atoms with Gasteiger partial charge in [-0.15, -0.1) is 0 Å². The first kappa shape index (κ1) is 18.7. The van der Waals surface area contributed by atoms with E-state index < -0.39 is 0 Å². The number of rotatable bonds is 1. The van der Waals surface area contributed by atoms with E-state index in [0.29, 0.717) is 0 Å². The summed E-state index contributed by atoms with van der Waals surface area (Å²) in [5.41, 5.74) is 11.4. The number of hydrogen-bond donors (Lipinski definition) is 0. The standard InChI is InChI=1S/C31H22O/c1-32-24-18-16-23(17-19-24)29-20-30(28-13-7-6-12-27(28)29)31-25-10-4-2-8-21(25)14-15-22-9-3-5-11-26(22)31/h2-20H,1H3/q+2. The van der Waals surface area contributed by atoms with Gasteiger partial charge in [0.15, 0.2) is 0 Å². The molecule has 0 saturated heterocycles. The summed E-state index contributed by atoms with van der Waals surface area (Å²) in [5.74, 6) is 2.07. The van der Waals surface area contributed by atoms with E-state index in [1.54, 1.807) is 7.11 Å². The molecule has 0 atom stereocenters. The Morgan fingerprint density at radius 2 is 1.12 bits per heavy atom. The Bertz CT molecular complexity index is 1350. The smallest absolute Gasteiger partial charge is 0.244 e. The summed E-state index contributed by atoms with van der Waals surface area (Å²) < 4.78 is 5.37. The fourth-order valence-electron chi connectivity index (χ4n) is 4.82. The highest BCUT2D eigenvalue weighted by Gasteiger charge is 2.33. The molecule has 0 fully saturated rings. The Morgan fingerprint density at radius 1 is 0.594 bits per heavy atom. The summed E-state index contributed by atoms with van der Waals surface area (Å²) in [7, 11) is 1.71. The fourth-order valence-corrected chi connectivity index (χ4v) is 4.82. The first-order valence-corrected chi connectivity index (χ1v) is 10.9. The lowest BCUT2D eigenvalue weighted by molar-refractivity contribution is -0.417. The predicted octanol–water partition coefficient (Wildman–Crippen LogP) is 6.96. The highest BCUT2D eigenvalue weighted by Crippen LogP contribution is 2.47. The third-order valence-electron chi connectivity index (χ3n) is 6.37. The van der Waals surface area contributed by atoms with Gasteiger partial charge in [0, 0.05) is 34.9 Å². The average Bonchev–Trinajstić information content (AvgIpc) is 3.15. The van der Waals surface area contributed by atoms with Gasteiger partial charge >= 0.3 is 5.78 Å². The lowest BCUT2D eigenvalue weighted by atomic mass is 9.87. The van der Waals surface area contributed by atoms with E-state index in [1.807, 2.05) is 12.2 Å². The van der Waals surface area contributed by atoms with Crippen molar-refractivity contribution in [1.82, 2.24) is 0 Å². The van der Waals surface area contributed by atoms with Crippen LogP contribution in [0.4, 0.5) is 0 Å². The van der Waals surface area contributed by atoms with E-state index in [-0.39, 0.29) is 0 Å². The second kappa shape index (κ2) is 7.55. The maximum atomic E-state index is 5.37. The van der Waals surface area contributed by atoms with Crippen LogP contribution in [-0.4, -0.2) is 12.9 Å². The van der Waals surface area contributed by atoms with Crippen LogP contribution in [0.1, 0.15) is 33.4 Å². The molecule has 0 bridgehead atoms. The fraction of sp³-hybridized carbons (Fsp3) is 0.0323. The molecule has 3 aromatic carbocycles. The summed E-state index contributed by atoms with van der Waals surface area (Å²) in [4.78, 5) is 0. The van der Waals surface area contributed by atoms with Gasteiger partial charge in [0.25, 0.3) is 7.11 Å². The summed E-state index contributed by atoms with van der Waals surface area (Å²) in [5, 5.41) is 0. The van der Waals surface area contributed by atoms with E-state index in [2.05, 4.69) is 103 Å². The van der Waals surface area contributed by atoms with Crippen LogP contribution >= 0.6 is 0 Å². The molecule has 3 aromatic rings. The van der Waals surface area contributed by atoms with E-state index in [0.717, 1.165) is 5.78 Å². The number of ketones is 1. The topological polar surface area (TPSA) is 11.3 Å². The van der Waals surface area contributed by atoms with Crippen LogP contribution in [-0.2, 0) is 4.42 Å². The van der Waals surface area contributed by atoms with Gasteiger partial charge in [-0.05, 0) is 34.4 Å². The molecule has 3 aliphatic rings. The monoisotopic (exact) mass is 410 g/mol. The van der Waals surface area contributed by atoms with Crippen LogP contribution in [0.25, 0.3) is 28.9 Å². The van der Waals surface area contributed by atoms with Gasteiger partial charge < -0.3 is 0 Å². The Hall–Kier alpha value is -4.10. The Morgan fingerprint density at radius 3 is 1.72 bits per heavy atom. The molecule has 0 saturated carbocycles. The lowest BCUT2D eigenvalue weighted by Gasteiger charge is -2.14. The van der Waals surface area contributed by atoms with Crippen LogP contribution in [0, 0.1) is 5.92 Å². The minimum absolute atomic E-state index is 0.872. The molecule has 1 nitrogen and oxygen atoms in total. The molecule has 0 aromatic heterocycles. The van der Waals surface area contributed by atoms with E-state index in [1.165, 1.54) is 56.0 Å². The minimum Gasteiger partial charge on any atom is -0.244 e.